The van der Waals surface area contributed by atoms with Crippen LogP contribution in [0.25, 0.3) is 0 Å². The van der Waals surface area contributed by atoms with Crippen molar-refractivity contribution in [1.29, 1.82) is 0 Å². The van der Waals surface area contributed by atoms with Gasteiger partial charge in [0.2, 0.25) is 0 Å². The molecule has 6 heteroatoms. The third kappa shape index (κ3) is 2.81. The fraction of sp³-hybridized carbons (Fsp3) is 0.714. The fourth-order valence-corrected chi connectivity index (χ4v) is 3.53. The van der Waals surface area contributed by atoms with Crippen molar-refractivity contribution < 1.29 is 0 Å². The second-order valence-electron chi connectivity index (χ2n) is 5.58. The molecule has 2 heterocycles. The molecule has 1 aliphatic heterocycles. The Kier molecular flexibility index (Phi) is 4.65. The van der Waals surface area contributed by atoms with Gasteiger partial charge >= 0.3 is 0 Å². The second kappa shape index (κ2) is 6.10. The summed E-state index contributed by atoms with van der Waals surface area (Å²) in [6, 6.07) is 0.611. The Morgan fingerprint density at radius 3 is 2.85 bits per heavy atom. The van der Waals surface area contributed by atoms with Crippen molar-refractivity contribution in [3.63, 3.8) is 0 Å². The lowest BCUT2D eigenvalue weighted by atomic mass is 10.2. The van der Waals surface area contributed by atoms with Gasteiger partial charge < -0.3 is 10.6 Å². The summed E-state index contributed by atoms with van der Waals surface area (Å²) in [5, 5.41) is 4.46. The lowest BCUT2D eigenvalue weighted by Crippen LogP contribution is -2.39. The first kappa shape index (κ1) is 15.3. The van der Waals surface area contributed by atoms with Gasteiger partial charge in [-0.1, -0.05) is 19.1 Å². The molecular weight excluding hydrogens is 270 g/mol. The van der Waals surface area contributed by atoms with Crippen LogP contribution in [-0.4, -0.2) is 52.4 Å². The number of likely N-dealkylation sites (tertiary alicyclic amines) is 1. The van der Waals surface area contributed by atoms with Gasteiger partial charge in [0.1, 0.15) is 10.8 Å². The van der Waals surface area contributed by atoms with Crippen molar-refractivity contribution in [2.45, 2.75) is 32.7 Å². The zero-order valence-corrected chi connectivity index (χ0v) is 13.7. The van der Waals surface area contributed by atoms with Gasteiger partial charge in [-0.25, -0.2) is 0 Å². The van der Waals surface area contributed by atoms with E-state index < -0.39 is 0 Å². The van der Waals surface area contributed by atoms with E-state index in [1.165, 1.54) is 19.4 Å². The predicted octanol–water partition coefficient (Wildman–Crippen LogP) is 1.28. The van der Waals surface area contributed by atoms with E-state index in [0.29, 0.717) is 11.0 Å². The number of rotatable bonds is 5. The van der Waals surface area contributed by atoms with Gasteiger partial charge in [-0.2, -0.15) is 5.10 Å². The van der Waals surface area contributed by atoms with Crippen LogP contribution in [0.15, 0.2) is 0 Å². The maximum Gasteiger partial charge on any atom is 0.136 e. The first-order chi connectivity index (χ1) is 9.45. The van der Waals surface area contributed by atoms with Gasteiger partial charge in [0.05, 0.1) is 11.3 Å². The lowest BCUT2D eigenvalue weighted by Gasteiger charge is -2.29. The van der Waals surface area contributed by atoms with Crippen molar-refractivity contribution in [1.82, 2.24) is 14.7 Å². The van der Waals surface area contributed by atoms with E-state index in [9.17, 15) is 0 Å². The van der Waals surface area contributed by atoms with Crippen molar-refractivity contribution in [3.05, 3.63) is 11.3 Å². The highest BCUT2D eigenvalue weighted by molar-refractivity contribution is 7.80. The Hall–Kier alpha value is -1.14. The van der Waals surface area contributed by atoms with E-state index in [4.69, 9.17) is 18.0 Å². The molecule has 0 aliphatic carbocycles. The molecule has 0 spiro atoms. The van der Waals surface area contributed by atoms with Crippen LogP contribution in [0.3, 0.4) is 0 Å². The number of nitrogens with zero attached hydrogens (tertiary/aromatic N) is 4. The van der Waals surface area contributed by atoms with Gasteiger partial charge in [-0.3, -0.25) is 9.58 Å². The molecule has 112 valence electrons. The zero-order chi connectivity index (χ0) is 14.9. The molecule has 1 aromatic heterocycles. The van der Waals surface area contributed by atoms with Crippen LogP contribution in [0.4, 0.5) is 5.82 Å². The summed E-state index contributed by atoms with van der Waals surface area (Å²) < 4.78 is 1.88. The summed E-state index contributed by atoms with van der Waals surface area (Å²) in [4.78, 5) is 5.21. The molecule has 2 rings (SSSR count). The Bertz CT molecular complexity index is 496. The summed E-state index contributed by atoms with van der Waals surface area (Å²) in [6.45, 7) is 7.50. The number of thiocarbonyl (C=S) groups is 1. The van der Waals surface area contributed by atoms with E-state index in [2.05, 4.69) is 28.9 Å². The van der Waals surface area contributed by atoms with Gasteiger partial charge in [0, 0.05) is 26.7 Å². The number of nitrogens with two attached hydrogens (primary N) is 1. The highest BCUT2D eigenvalue weighted by Gasteiger charge is 2.26. The topological polar surface area (TPSA) is 50.3 Å². The van der Waals surface area contributed by atoms with Gasteiger partial charge in [-0.05, 0) is 32.9 Å². The lowest BCUT2D eigenvalue weighted by molar-refractivity contribution is 0.270. The minimum absolute atomic E-state index is 0.427. The van der Waals surface area contributed by atoms with Crippen molar-refractivity contribution in [2.24, 2.45) is 12.8 Å². The summed E-state index contributed by atoms with van der Waals surface area (Å²) in [6.07, 6.45) is 2.55. The molecule has 1 atom stereocenters. The van der Waals surface area contributed by atoms with E-state index in [-0.39, 0.29) is 0 Å². The normalized spacial score (nSPS) is 19.5. The van der Waals surface area contributed by atoms with Crippen LogP contribution in [0.5, 0.6) is 0 Å². The Labute approximate surface area is 126 Å². The minimum Gasteiger partial charge on any atom is -0.389 e. The first-order valence-electron chi connectivity index (χ1n) is 7.24. The van der Waals surface area contributed by atoms with Crippen LogP contribution in [-0.2, 0) is 7.05 Å². The van der Waals surface area contributed by atoms with Crippen LogP contribution >= 0.6 is 12.2 Å². The summed E-state index contributed by atoms with van der Waals surface area (Å²) in [7, 11) is 4.05. The molecule has 1 aromatic rings. The smallest absolute Gasteiger partial charge is 0.136 e. The van der Waals surface area contributed by atoms with Crippen LogP contribution in [0.1, 0.15) is 31.0 Å². The average molecular weight is 295 g/mol. The van der Waals surface area contributed by atoms with Crippen LogP contribution < -0.4 is 10.6 Å². The minimum atomic E-state index is 0.427. The SMILES string of the molecule is CCN1CCCC1CN(C)c1c(C(N)=S)c(C)nn1C. The predicted molar refractivity (Wildman–Crippen MR) is 87.4 cm³/mol. The highest BCUT2D eigenvalue weighted by atomic mass is 32.1. The van der Waals surface area contributed by atoms with Crippen molar-refractivity contribution in [3.8, 4) is 0 Å². The number of aromatic nitrogens is 2. The average Bonchev–Trinajstić information content (AvgIpc) is 2.92. The molecule has 5 nitrogen and oxygen atoms in total. The highest BCUT2D eigenvalue weighted by Crippen LogP contribution is 2.25. The molecule has 20 heavy (non-hydrogen) atoms. The molecule has 1 fully saturated rings. The molecule has 1 unspecified atom stereocenters. The molecule has 0 saturated carbocycles. The Morgan fingerprint density at radius 2 is 2.25 bits per heavy atom. The van der Waals surface area contributed by atoms with E-state index >= 15 is 0 Å². The van der Waals surface area contributed by atoms with Crippen molar-refractivity contribution in [2.75, 3.05) is 31.6 Å². The Morgan fingerprint density at radius 1 is 1.55 bits per heavy atom. The number of likely N-dealkylation sites (N-methyl/N-ethyl adjacent to an activating group) is 2. The molecule has 0 radical (unpaired) electrons. The summed E-state index contributed by atoms with van der Waals surface area (Å²) >= 11 is 5.19. The monoisotopic (exact) mass is 295 g/mol. The standard InChI is InChI=1S/C14H25N5S/c1-5-19-8-6-7-11(19)9-17(3)14-12(13(15)20)10(2)16-18(14)4/h11H,5-9H2,1-4H3,(H2,15,20). The maximum absolute atomic E-state index is 5.87. The number of anilines is 1. The van der Waals surface area contributed by atoms with E-state index in [0.717, 1.165) is 30.2 Å². The van der Waals surface area contributed by atoms with Crippen LogP contribution in [0, 0.1) is 6.92 Å². The largest absolute Gasteiger partial charge is 0.389 e. The van der Waals surface area contributed by atoms with E-state index in [1.54, 1.807) is 0 Å². The van der Waals surface area contributed by atoms with Gasteiger partial charge in [-0.15, -0.1) is 0 Å². The molecule has 1 aliphatic rings. The van der Waals surface area contributed by atoms with Gasteiger partial charge in [0.15, 0.2) is 0 Å². The summed E-state index contributed by atoms with van der Waals surface area (Å²) in [5.74, 6) is 1.03. The number of hydrogen-bond donors (Lipinski definition) is 1. The third-order valence-corrected chi connectivity index (χ3v) is 4.39. The summed E-state index contributed by atoms with van der Waals surface area (Å²) in [5.41, 5.74) is 7.68. The molecule has 0 bridgehead atoms. The molecule has 2 N–H and O–H groups in total. The molecule has 0 amide bonds. The maximum atomic E-state index is 5.87. The third-order valence-electron chi connectivity index (χ3n) is 4.19. The molecular formula is C14H25N5S. The Balaban J connectivity index is 2.21. The molecule has 1 saturated heterocycles. The van der Waals surface area contributed by atoms with Gasteiger partial charge in [0.25, 0.3) is 0 Å². The number of hydrogen-bond acceptors (Lipinski definition) is 4. The second-order valence-corrected chi connectivity index (χ2v) is 6.02. The van der Waals surface area contributed by atoms with Crippen LogP contribution in [0.2, 0.25) is 0 Å². The fourth-order valence-electron chi connectivity index (χ4n) is 3.29. The van der Waals surface area contributed by atoms with E-state index in [1.807, 2.05) is 18.7 Å². The molecule has 0 aromatic carbocycles. The quantitative estimate of drug-likeness (QED) is 0.830. The number of aryl methyl sites for hydroxylation is 2. The first-order valence-corrected chi connectivity index (χ1v) is 7.65. The van der Waals surface area contributed by atoms with Crippen molar-refractivity contribution >= 4 is 23.0 Å². The zero-order valence-electron chi connectivity index (χ0n) is 12.9.